The predicted molar refractivity (Wildman–Crippen MR) is 71.8 cm³/mol. The molecule has 1 saturated carbocycles. The monoisotopic (exact) mass is 227 g/mol. The minimum absolute atomic E-state index is 0.726. The van der Waals surface area contributed by atoms with E-state index >= 15 is 0 Å². The Kier molecular flexibility index (Phi) is 3.02. The Hall–Kier alpha value is -1.08. The normalized spacial score (nSPS) is 30.1. The summed E-state index contributed by atoms with van der Waals surface area (Å²) in [5, 5.41) is 3.73. The van der Waals surface area contributed by atoms with Crippen molar-refractivity contribution in [3.63, 3.8) is 0 Å². The molecular formula is C16H21N. The summed E-state index contributed by atoms with van der Waals surface area (Å²) < 4.78 is 0. The maximum absolute atomic E-state index is 3.73. The molecule has 1 heteroatoms. The molecule has 0 amide bonds. The Morgan fingerprint density at radius 1 is 1.24 bits per heavy atom. The van der Waals surface area contributed by atoms with Gasteiger partial charge in [0.15, 0.2) is 0 Å². The lowest BCUT2D eigenvalue weighted by molar-refractivity contribution is 0.162. The van der Waals surface area contributed by atoms with E-state index in [1.165, 1.54) is 24.0 Å². The zero-order valence-electron chi connectivity index (χ0n) is 10.5. The molecule has 0 spiro atoms. The first kappa shape index (κ1) is 11.0. The first-order valence-electron chi connectivity index (χ1n) is 6.85. The molecule has 1 N–H and O–H groups in total. The predicted octanol–water partition coefficient (Wildman–Crippen LogP) is 3.30. The molecule has 0 radical (unpaired) electrons. The lowest BCUT2D eigenvalue weighted by Gasteiger charge is -2.41. The molecule has 3 atom stereocenters. The summed E-state index contributed by atoms with van der Waals surface area (Å²) in [5.41, 5.74) is 2.96. The van der Waals surface area contributed by atoms with E-state index in [0.717, 1.165) is 30.8 Å². The van der Waals surface area contributed by atoms with Crippen LogP contribution in [0.2, 0.25) is 0 Å². The molecule has 0 aromatic heterocycles. The zero-order valence-corrected chi connectivity index (χ0v) is 10.5. The highest BCUT2D eigenvalue weighted by molar-refractivity contribution is 5.27. The van der Waals surface area contributed by atoms with Crippen LogP contribution in [0.5, 0.6) is 0 Å². The van der Waals surface area contributed by atoms with Gasteiger partial charge in [0.25, 0.3) is 0 Å². The van der Waals surface area contributed by atoms with Crippen LogP contribution in [0.15, 0.2) is 36.4 Å². The average Bonchev–Trinajstić information content (AvgIpc) is 2.72. The second-order valence-corrected chi connectivity index (χ2v) is 5.35. The van der Waals surface area contributed by atoms with Crippen LogP contribution in [0.25, 0.3) is 0 Å². The third-order valence-corrected chi connectivity index (χ3v) is 4.42. The topological polar surface area (TPSA) is 12.0 Å². The van der Waals surface area contributed by atoms with Crippen molar-refractivity contribution in [3.05, 3.63) is 47.5 Å². The molecule has 3 rings (SSSR count). The standard InChI is InChI=1S/C16H21N/c1-2-12-6-3-4-7-14(12)11-17-16-10-13-8-5-9-15(13)16/h3-7,9,13,15-17H,2,8,10-11H2,1H3. The van der Waals surface area contributed by atoms with Gasteiger partial charge in [-0.05, 0) is 42.2 Å². The van der Waals surface area contributed by atoms with Crippen LogP contribution in [0.3, 0.4) is 0 Å². The molecule has 0 heterocycles. The lowest BCUT2D eigenvalue weighted by Crippen LogP contribution is -2.47. The quantitative estimate of drug-likeness (QED) is 0.778. The molecule has 90 valence electrons. The Morgan fingerprint density at radius 3 is 2.82 bits per heavy atom. The van der Waals surface area contributed by atoms with Crippen molar-refractivity contribution in [1.29, 1.82) is 0 Å². The van der Waals surface area contributed by atoms with Crippen molar-refractivity contribution in [2.45, 2.75) is 38.8 Å². The molecule has 0 aliphatic heterocycles. The van der Waals surface area contributed by atoms with Gasteiger partial charge in [-0.3, -0.25) is 0 Å². The van der Waals surface area contributed by atoms with Gasteiger partial charge in [0.05, 0.1) is 0 Å². The highest BCUT2D eigenvalue weighted by Crippen LogP contribution is 2.42. The van der Waals surface area contributed by atoms with Crippen molar-refractivity contribution in [3.8, 4) is 0 Å². The molecule has 1 aromatic carbocycles. The van der Waals surface area contributed by atoms with Crippen LogP contribution in [0.1, 0.15) is 30.9 Å². The maximum Gasteiger partial charge on any atom is 0.0211 e. The fourth-order valence-electron chi connectivity index (χ4n) is 3.26. The van der Waals surface area contributed by atoms with Crippen molar-refractivity contribution < 1.29 is 0 Å². The number of aryl methyl sites for hydroxylation is 1. The third kappa shape index (κ3) is 2.04. The second kappa shape index (κ2) is 4.66. The van der Waals surface area contributed by atoms with Gasteiger partial charge in [0.1, 0.15) is 0 Å². The van der Waals surface area contributed by atoms with Crippen LogP contribution in [-0.4, -0.2) is 6.04 Å². The van der Waals surface area contributed by atoms with Gasteiger partial charge in [-0.2, -0.15) is 0 Å². The summed E-state index contributed by atoms with van der Waals surface area (Å²) in [5.74, 6) is 1.78. The smallest absolute Gasteiger partial charge is 0.0211 e. The number of hydrogen-bond donors (Lipinski definition) is 1. The summed E-state index contributed by atoms with van der Waals surface area (Å²) in [6, 6.07) is 9.52. The summed E-state index contributed by atoms with van der Waals surface area (Å²) in [7, 11) is 0. The van der Waals surface area contributed by atoms with Gasteiger partial charge in [-0.25, -0.2) is 0 Å². The molecule has 2 aliphatic carbocycles. The van der Waals surface area contributed by atoms with E-state index in [-0.39, 0.29) is 0 Å². The average molecular weight is 227 g/mol. The summed E-state index contributed by atoms with van der Waals surface area (Å²) in [6.45, 7) is 3.27. The van der Waals surface area contributed by atoms with Gasteiger partial charge < -0.3 is 5.32 Å². The second-order valence-electron chi connectivity index (χ2n) is 5.35. The van der Waals surface area contributed by atoms with Crippen molar-refractivity contribution in [2.75, 3.05) is 0 Å². The van der Waals surface area contributed by atoms with Gasteiger partial charge in [-0.1, -0.05) is 43.3 Å². The summed E-state index contributed by atoms with van der Waals surface area (Å²) in [6.07, 6.45) is 8.59. The largest absolute Gasteiger partial charge is 0.309 e. The molecule has 3 unspecified atom stereocenters. The van der Waals surface area contributed by atoms with Crippen molar-refractivity contribution in [2.24, 2.45) is 11.8 Å². The lowest BCUT2D eigenvalue weighted by atomic mass is 9.71. The first-order valence-corrected chi connectivity index (χ1v) is 6.85. The number of allylic oxidation sites excluding steroid dienone is 1. The van der Waals surface area contributed by atoms with Crippen LogP contribution in [-0.2, 0) is 13.0 Å². The minimum atomic E-state index is 0.726. The molecular weight excluding hydrogens is 206 g/mol. The Morgan fingerprint density at radius 2 is 2.06 bits per heavy atom. The molecule has 1 nitrogen and oxygen atoms in total. The van der Waals surface area contributed by atoms with Crippen molar-refractivity contribution >= 4 is 0 Å². The number of benzene rings is 1. The minimum Gasteiger partial charge on any atom is -0.309 e. The van der Waals surface area contributed by atoms with E-state index in [2.05, 4.69) is 48.7 Å². The molecule has 1 fully saturated rings. The van der Waals surface area contributed by atoms with Crippen LogP contribution in [0, 0.1) is 11.8 Å². The van der Waals surface area contributed by atoms with E-state index < -0.39 is 0 Å². The van der Waals surface area contributed by atoms with Crippen LogP contribution >= 0.6 is 0 Å². The fourth-order valence-corrected chi connectivity index (χ4v) is 3.26. The van der Waals surface area contributed by atoms with E-state index in [1.54, 1.807) is 0 Å². The van der Waals surface area contributed by atoms with E-state index in [0.29, 0.717) is 0 Å². The van der Waals surface area contributed by atoms with Crippen molar-refractivity contribution in [1.82, 2.24) is 5.32 Å². The molecule has 17 heavy (non-hydrogen) atoms. The fraction of sp³-hybridized carbons (Fsp3) is 0.500. The molecule has 1 aromatic rings. The number of fused-ring (bicyclic) bond motifs is 1. The Bertz CT molecular complexity index is 421. The van der Waals surface area contributed by atoms with Crippen LogP contribution in [0.4, 0.5) is 0 Å². The number of rotatable bonds is 4. The SMILES string of the molecule is CCc1ccccc1CNC1CC2CC=CC21. The third-order valence-electron chi connectivity index (χ3n) is 4.42. The van der Waals surface area contributed by atoms with Gasteiger partial charge in [-0.15, -0.1) is 0 Å². The molecule has 0 bridgehead atoms. The number of nitrogens with one attached hydrogen (secondary N) is 1. The van der Waals surface area contributed by atoms with Crippen LogP contribution < -0.4 is 5.32 Å². The van der Waals surface area contributed by atoms with Gasteiger partial charge >= 0.3 is 0 Å². The Balaban J connectivity index is 1.59. The Labute approximate surface area is 104 Å². The summed E-state index contributed by atoms with van der Waals surface area (Å²) in [4.78, 5) is 0. The maximum atomic E-state index is 3.73. The number of hydrogen-bond acceptors (Lipinski definition) is 1. The zero-order chi connectivity index (χ0) is 11.7. The molecule has 0 saturated heterocycles. The summed E-state index contributed by atoms with van der Waals surface area (Å²) >= 11 is 0. The van der Waals surface area contributed by atoms with E-state index in [9.17, 15) is 0 Å². The highest BCUT2D eigenvalue weighted by atomic mass is 14.9. The first-order chi connectivity index (χ1) is 8.38. The van der Waals surface area contributed by atoms with Gasteiger partial charge in [0, 0.05) is 12.6 Å². The van der Waals surface area contributed by atoms with E-state index in [4.69, 9.17) is 0 Å². The highest BCUT2D eigenvalue weighted by Gasteiger charge is 2.40. The van der Waals surface area contributed by atoms with E-state index in [1.807, 2.05) is 0 Å². The van der Waals surface area contributed by atoms with Gasteiger partial charge in [0.2, 0.25) is 0 Å². The molecule has 2 aliphatic rings.